The number of ether oxygens (including phenoxy) is 1. The molecule has 1 fully saturated rings. The molecule has 0 spiro atoms. The Labute approximate surface area is 94.8 Å². The van der Waals surface area contributed by atoms with Crippen LogP contribution in [0.5, 0.6) is 5.75 Å². The first kappa shape index (κ1) is 10.7. The number of pyridine rings is 1. The van der Waals surface area contributed by atoms with Crippen molar-refractivity contribution in [2.45, 2.75) is 31.9 Å². The SMILES string of the molecule is CC(Oc1cncc(Cl)c1)C1CCCN1. The van der Waals surface area contributed by atoms with E-state index in [0.717, 1.165) is 12.3 Å². The molecule has 1 aromatic heterocycles. The van der Waals surface area contributed by atoms with Gasteiger partial charge in [-0.1, -0.05) is 11.6 Å². The normalized spacial score (nSPS) is 22.7. The summed E-state index contributed by atoms with van der Waals surface area (Å²) < 4.78 is 5.77. The number of halogens is 1. The molecular weight excluding hydrogens is 212 g/mol. The molecule has 1 N–H and O–H groups in total. The van der Waals surface area contributed by atoms with Crippen LogP contribution in [-0.2, 0) is 0 Å². The molecular formula is C11H15ClN2O. The van der Waals surface area contributed by atoms with Crippen LogP contribution < -0.4 is 10.1 Å². The fourth-order valence-corrected chi connectivity index (χ4v) is 2.03. The Morgan fingerprint density at radius 1 is 1.60 bits per heavy atom. The smallest absolute Gasteiger partial charge is 0.139 e. The van der Waals surface area contributed by atoms with Crippen molar-refractivity contribution in [3.05, 3.63) is 23.5 Å². The van der Waals surface area contributed by atoms with Gasteiger partial charge in [-0.2, -0.15) is 0 Å². The molecule has 1 saturated heterocycles. The highest BCUT2D eigenvalue weighted by atomic mass is 35.5. The van der Waals surface area contributed by atoms with E-state index in [2.05, 4.69) is 17.2 Å². The van der Waals surface area contributed by atoms with Gasteiger partial charge < -0.3 is 10.1 Å². The highest BCUT2D eigenvalue weighted by molar-refractivity contribution is 6.30. The molecule has 0 saturated carbocycles. The third-order valence-corrected chi connectivity index (χ3v) is 2.87. The van der Waals surface area contributed by atoms with Crippen LogP contribution in [0, 0.1) is 0 Å². The Hall–Kier alpha value is -0.800. The van der Waals surface area contributed by atoms with Crippen LogP contribution in [0.4, 0.5) is 0 Å². The summed E-state index contributed by atoms with van der Waals surface area (Å²) in [5.74, 6) is 0.740. The number of hydrogen-bond acceptors (Lipinski definition) is 3. The van der Waals surface area contributed by atoms with Crippen LogP contribution in [0.3, 0.4) is 0 Å². The van der Waals surface area contributed by atoms with Crippen molar-refractivity contribution < 1.29 is 4.74 Å². The Morgan fingerprint density at radius 3 is 3.13 bits per heavy atom. The van der Waals surface area contributed by atoms with Crippen LogP contribution in [-0.4, -0.2) is 23.7 Å². The van der Waals surface area contributed by atoms with E-state index in [4.69, 9.17) is 16.3 Å². The lowest BCUT2D eigenvalue weighted by atomic mass is 10.1. The van der Waals surface area contributed by atoms with Gasteiger partial charge in [0.05, 0.1) is 11.2 Å². The zero-order chi connectivity index (χ0) is 10.7. The molecule has 2 unspecified atom stereocenters. The zero-order valence-corrected chi connectivity index (χ0v) is 9.50. The summed E-state index contributed by atoms with van der Waals surface area (Å²) in [5.41, 5.74) is 0. The molecule has 3 nitrogen and oxygen atoms in total. The van der Waals surface area contributed by atoms with Gasteiger partial charge in [-0.15, -0.1) is 0 Å². The molecule has 1 aliphatic rings. The first-order valence-electron chi connectivity index (χ1n) is 5.26. The van der Waals surface area contributed by atoms with Crippen LogP contribution in [0.1, 0.15) is 19.8 Å². The van der Waals surface area contributed by atoms with E-state index in [1.807, 2.05) is 0 Å². The Bertz CT molecular complexity index is 326. The van der Waals surface area contributed by atoms with E-state index in [0.29, 0.717) is 11.1 Å². The van der Waals surface area contributed by atoms with Crippen molar-refractivity contribution in [1.29, 1.82) is 0 Å². The Morgan fingerprint density at radius 2 is 2.47 bits per heavy atom. The van der Waals surface area contributed by atoms with E-state index in [9.17, 15) is 0 Å². The minimum atomic E-state index is 0.160. The van der Waals surface area contributed by atoms with Gasteiger partial charge in [0.1, 0.15) is 11.9 Å². The zero-order valence-electron chi connectivity index (χ0n) is 8.74. The molecule has 0 aliphatic carbocycles. The van der Waals surface area contributed by atoms with Gasteiger partial charge in [0.25, 0.3) is 0 Å². The number of nitrogens with zero attached hydrogens (tertiary/aromatic N) is 1. The number of rotatable bonds is 3. The van der Waals surface area contributed by atoms with E-state index < -0.39 is 0 Å². The molecule has 1 aliphatic heterocycles. The molecule has 2 atom stereocenters. The predicted octanol–water partition coefficient (Wildman–Crippen LogP) is 2.25. The molecule has 4 heteroatoms. The maximum atomic E-state index is 5.83. The third kappa shape index (κ3) is 2.83. The minimum Gasteiger partial charge on any atom is -0.487 e. The molecule has 15 heavy (non-hydrogen) atoms. The van der Waals surface area contributed by atoms with Crippen molar-refractivity contribution in [2.75, 3.05) is 6.54 Å². The highest BCUT2D eigenvalue weighted by Crippen LogP contribution is 2.19. The molecule has 1 aromatic rings. The summed E-state index contributed by atoms with van der Waals surface area (Å²) in [4.78, 5) is 3.99. The predicted molar refractivity (Wildman–Crippen MR) is 60.4 cm³/mol. The van der Waals surface area contributed by atoms with Gasteiger partial charge in [0.2, 0.25) is 0 Å². The second kappa shape index (κ2) is 4.81. The maximum absolute atomic E-state index is 5.83. The standard InChI is InChI=1S/C11H15ClN2O/c1-8(11-3-2-4-14-11)15-10-5-9(12)6-13-7-10/h5-8,11,14H,2-4H2,1H3. The van der Waals surface area contributed by atoms with E-state index in [1.165, 1.54) is 12.8 Å². The van der Waals surface area contributed by atoms with Crippen molar-refractivity contribution in [2.24, 2.45) is 0 Å². The number of hydrogen-bond donors (Lipinski definition) is 1. The minimum absolute atomic E-state index is 0.160. The summed E-state index contributed by atoms with van der Waals surface area (Å²) in [5, 5.41) is 4.02. The molecule has 0 amide bonds. The number of nitrogens with one attached hydrogen (secondary N) is 1. The average molecular weight is 227 g/mol. The molecule has 2 rings (SSSR count). The first-order chi connectivity index (χ1) is 7.25. The molecule has 82 valence electrons. The second-order valence-corrected chi connectivity index (χ2v) is 4.30. The molecule has 0 bridgehead atoms. The second-order valence-electron chi connectivity index (χ2n) is 3.86. The van der Waals surface area contributed by atoms with Crippen molar-refractivity contribution in [3.63, 3.8) is 0 Å². The Balaban J connectivity index is 1.95. The van der Waals surface area contributed by atoms with E-state index >= 15 is 0 Å². The van der Waals surface area contributed by atoms with Crippen molar-refractivity contribution >= 4 is 11.6 Å². The molecule has 2 heterocycles. The largest absolute Gasteiger partial charge is 0.487 e. The van der Waals surface area contributed by atoms with Crippen LogP contribution >= 0.6 is 11.6 Å². The van der Waals surface area contributed by atoms with Gasteiger partial charge in [0, 0.05) is 18.3 Å². The van der Waals surface area contributed by atoms with Gasteiger partial charge in [-0.05, 0) is 26.3 Å². The van der Waals surface area contributed by atoms with Crippen LogP contribution in [0.25, 0.3) is 0 Å². The summed E-state index contributed by atoms with van der Waals surface area (Å²) in [6, 6.07) is 2.24. The van der Waals surface area contributed by atoms with Crippen LogP contribution in [0.2, 0.25) is 5.02 Å². The maximum Gasteiger partial charge on any atom is 0.139 e. The highest BCUT2D eigenvalue weighted by Gasteiger charge is 2.22. The summed E-state index contributed by atoms with van der Waals surface area (Å²) in [6.07, 6.45) is 5.86. The Kier molecular flexibility index (Phi) is 3.44. The van der Waals surface area contributed by atoms with Gasteiger partial charge in [0.15, 0.2) is 0 Å². The summed E-state index contributed by atoms with van der Waals surface area (Å²) in [6.45, 7) is 3.16. The number of aromatic nitrogens is 1. The first-order valence-corrected chi connectivity index (χ1v) is 5.64. The van der Waals surface area contributed by atoms with Crippen LogP contribution in [0.15, 0.2) is 18.5 Å². The fourth-order valence-electron chi connectivity index (χ4n) is 1.87. The summed E-state index contributed by atoms with van der Waals surface area (Å²) >= 11 is 5.83. The fraction of sp³-hybridized carbons (Fsp3) is 0.545. The monoisotopic (exact) mass is 226 g/mol. The molecule has 0 radical (unpaired) electrons. The topological polar surface area (TPSA) is 34.1 Å². The quantitative estimate of drug-likeness (QED) is 0.859. The van der Waals surface area contributed by atoms with Gasteiger partial charge in [-0.25, -0.2) is 0 Å². The lowest BCUT2D eigenvalue weighted by molar-refractivity contribution is 0.179. The van der Waals surface area contributed by atoms with E-state index in [1.54, 1.807) is 18.5 Å². The van der Waals surface area contributed by atoms with Gasteiger partial charge >= 0.3 is 0 Å². The summed E-state index contributed by atoms with van der Waals surface area (Å²) in [7, 11) is 0. The average Bonchev–Trinajstić information content (AvgIpc) is 2.70. The lowest BCUT2D eigenvalue weighted by Crippen LogP contribution is -2.36. The van der Waals surface area contributed by atoms with Gasteiger partial charge in [-0.3, -0.25) is 4.98 Å². The third-order valence-electron chi connectivity index (χ3n) is 2.67. The molecule has 0 aromatic carbocycles. The lowest BCUT2D eigenvalue weighted by Gasteiger charge is -2.20. The van der Waals surface area contributed by atoms with Crippen molar-refractivity contribution in [3.8, 4) is 5.75 Å². The van der Waals surface area contributed by atoms with Crippen molar-refractivity contribution in [1.82, 2.24) is 10.3 Å². The van der Waals surface area contributed by atoms with E-state index in [-0.39, 0.29) is 6.10 Å².